The monoisotopic (exact) mass is 420 g/mol. The number of aliphatic hydroxyl groups is 2. The third-order valence-corrected chi connectivity index (χ3v) is 6.86. The molecule has 0 amide bonds. The zero-order valence-electron chi connectivity index (χ0n) is 18.5. The van der Waals surface area contributed by atoms with E-state index in [4.69, 9.17) is 9.47 Å². The number of hydrogen-bond donors (Lipinski definition) is 2. The maximum atomic E-state index is 12.7. The molecule has 2 aliphatic carbocycles. The minimum absolute atomic E-state index is 0.0745. The Morgan fingerprint density at radius 3 is 2.67 bits per heavy atom. The molecule has 0 radical (unpaired) electrons. The van der Waals surface area contributed by atoms with E-state index in [0.29, 0.717) is 24.7 Å². The van der Waals surface area contributed by atoms with Gasteiger partial charge in [0, 0.05) is 12.3 Å². The molecule has 6 heteroatoms. The molecule has 2 N–H and O–H groups in total. The molecule has 0 aromatic heterocycles. The van der Waals surface area contributed by atoms with Gasteiger partial charge in [-0.2, -0.15) is 0 Å². The van der Waals surface area contributed by atoms with E-state index in [9.17, 15) is 19.8 Å². The molecule has 3 aliphatic rings. The van der Waals surface area contributed by atoms with E-state index in [1.54, 1.807) is 13.8 Å². The second-order valence-corrected chi connectivity index (χ2v) is 10.1. The summed E-state index contributed by atoms with van der Waals surface area (Å²) in [6, 6.07) is 0. The van der Waals surface area contributed by atoms with Gasteiger partial charge in [0.1, 0.15) is 12.2 Å². The summed E-state index contributed by atoms with van der Waals surface area (Å²) in [5.74, 6) is 0.246. The molecular weight excluding hydrogens is 384 g/mol. The molecule has 0 aromatic rings. The molecule has 1 heterocycles. The van der Waals surface area contributed by atoms with Crippen LogP contribution in [0.15, 0.2) is 23.8 Å². The molecule has 3 rings (SSSR count). The topological polar surface area (TPSA) is 93.1 Å². The van der Waals surface area contributed by atoms with Gasteiger partial charge in [-0.3, -0.25) is 9.59 Å². The molecule has 0 aromatic carbocycles. The fourth-order valence-electron chi connectivity index (χ4n) is 5.00. The summed E-state index contributed by atoms with van der Waals surface area (Å²) in [6.45, 7) is 7.44. The fourth-order valence-corrected chi connectivity index (χ4v) is 5.00. The van der Waals surface area contributed by atoms with Crippen molar-refractivity contribution in [2.75, 3.05) is 6.61 Å². The summed E-state index contributed by atoms with van der Waals surface area (Å²) in [5.41, 5.74) is 0.278. The van der Waals surface area contributed by atoms with E-state index < -0.39 is 11.5 Å². The molecular formula is C24H36O6. The first-order valence-electron chi connectivity index (χ1n) is 11.2. The van der Waals surface area contributed by atoms with Gasteiger partial charge >= 0.3 is 11.9 Å². The number of fused-ring (bicyclic) bond motifs is 1. The number of carbonyl (C=O) groups excluding carboxylic acids is 2. The van der Waals surface area contributed by atoms with Crippen LogP contribution in [0.5, 0.6) is 0 Å². The molecule has 1 fully saturated rings. The predicted molar refractivity (Wildman–Crippen MR) is 112 cm³/mol. The second-order valence-electron chi connectivity index (χ2n) is 10.1. The van der Waals surface area contributed by atoms with E-state index in [1.807, 2.05) is 0 Å². The Balaban J connectivity index is 1.76. The average Bonchev–Trinajstić information content (AvgIpc) is 2.66. The van der Waals surface area contributed by atoms with Gasteiger partial charge in [-0.05, 0) is 56.4 Å². The molecule has 6 nitrogen and oxygen atoms in total. The maximum Gasteiger partial charge on any atom is 0.314 e. The highest BCUT2D eigenvalue weighted by Crippen LogP contribution is 2.45. The van der Waals surface area contributed by atoms with Crippen LogP contribution >= 0.6 is 0 Å². The molecule has 1 aliphatic heterocycles. The number of aliphatic hydroxyl groups excluding tert-OH is 2. The first kappa shape index (κ1) is 23.0. The standard InChI is InChI=1S/C24H36O6/c1-14-9-16-6-5-15(2)19(8-7-18-11-17(26)12-21(27)29-18)22(16)20(10-14)30-23(28)24(3,4)13-25/h5-6,9,14-15,17-20,22,25-26H,7-8,10-13H2,1-4H3/t14-,15-,17+,18+,19-,20-,22-/m0/s1. The van der Waals surface area contributed by atoms with Crippen molar-refractivity contribution in [3.63, 3.8) is 0 Å². The minimum atomic E-state index is -0.928. The van der Waals surface area contributed by atoms with Gasteiger partial charge < -0.3 is 19.7 Å². The lowest BCUT2D eigenvalue weighted by molar-refractivity contribution is -0.167. The lowest BCUT2D eigenvalue weighted by Crippen LogP contribution is -2.44. The van der Waals surface area contributed by atoms with Crippen molar-refractivity contribution in [3.05, 3.63) is 23.8 Å². The lowest BCUT2D eigenvalue weighted by Gasteiger charge is -2.44. The minimum Gasteiger partial charge on any atom is -0.462 e. The number of carbonyl (C=O) groups is 2. The first-order valence-corrected chi connectivity index (χ1v) is 11.2. The van der Waals surface area contributed by atoms with Crippen LogP contribution in [0.25, 0.3) is 0 Å². The molecule has 0 saturated carbocycles. The summed E-state index contributed by atoms with van der Waals surface area (Å²) < 4.78 is 11.4. The summed E-state index contributed by atoms with van der Waals surface area (Å²) in [5, 5.41) is 19.5. The molecule has 0 unspecified atom stereocenters. The van der Waals surface area contributed by atoms with Crippen LogP contribution < -0.4 is 0 Å². The third kappa shape index (κ3) is 5.14. The van der Waals surface area contributed by atoms with E-state index in [-0.39, 0.29) is 49.0 Å². The number of allylic oxidation sites excluding steroid dienone is 3. The van der Waals surface area contributed by atoms with Crippen molar-refractivity contribution in [3.8, 4) is 0 Å². The second kappa shape index (κ2) is 9.23. The zero-order chi connectivity index (χ0) is 22.1. The van der Waals surface area contributed by atoms with Crippen molar-refractivity contribution in [2.24, 2.45) is 29.1 Å². The quantitative estimate of drug-likeness (QED) is 0.641. The third-order valence-electron chi connectivity index (χ3n) is 6.86. The Morgan fingerprint density at radius 1 is 1.27 bits per heavy atom. The van der Waals surface area contributed by atoms with E-state index in [0.717, 1.165) is 12.8 Å². The Hall–Kier alpha value is -1.66. The van der Waals surface area contributed by atoms with Crippen molar-refractivity contribution in [1.82, 2.24) is 0 Å². The Bertz CT molecular complexity index is 708. The van der Waals surface area contributed by atoms with Gasteiger partial charge in [-0.15, -0.1) is 0 Å². The van der Waals surface area contributed by atoms with Crippen LogP contribution in [0.3, 0.4) is 0 Å². The van der Waals surface area contributed by atoms with Crippen LogP contribution in [0, 0.1) is 29.1 Å². The number of cyclic esters (lactones) is 1. The SMILES string of the molecule is C[C@H]1C=C2C=C[C@H](C)[C@H](CC[C@@H]3C[C@@H](O)CC(=O)O3)[C@H]2[C@@H](OC(=O)C(C)(C)CO)C1. The van der Waals surface area contributed by atoms with Crippen molar-refractivity contribution < 1.29 is 29.3 Å². The summed E-state index contributed by atoms with van der Waals surface area (Å²) >= 11 is 0. The Kier molecular flexibility index (Phi) is 7.08. The predicted octanol–water partition coefficient (Wildman–Crippen LogP) is 3.17. The summed E-state index contributed by atoms with van der Waals surface area (Å²) in [7, 11) is 0. The lowest BCUT2D eigenvalue weighted by atomic mass is 9.65. The average molecular weight is 421 g/mol. The van der Waals surface area contributed by atoms with Gasteiger partial charge in [0.15, 0.2) is 0 Å². The number of rotatable bonds is 6. The van der Waals surface area contributed by atoms with Gasteiger partial charge in [0.2, 0.25) is 0 Å². The smallest absolute Gasteiger partial charge is 0.314 e. The molecule has 0 spiro atoms. The summed E-state index contributed by atoms with van der Waals surface area (Å²) in [6.07, 6.45) is 8.34. The molecule has 7 atom stereocenters. The van der Waals surface area contributed by atoms with Gasteiger partial charge in [-0.1, -0.05) is 32.1 Å². The molecule has 1 saturated heterocycles. The number of hydrogen-bond acceptors (Lipinski definition) is 6. The number of esters is 2. The van der Waals surface area contributed by atoms with Gasteiger partial charge in [-0.25, -0.2) is 0 Å². The number of ether oxygens (including phenoxy) is 2. The van der Waals surface area contributed by atoms with Crippen LogP contribution in [0.4, 0.5) is 0 Å². The zero-order valence-corrected chi connectivity index (χ0v) is 18.5. The Labute approximate surface area is 179 Å². The largest absolute Gasteiger partial charge is 0.462 e. The highest BCUT2D eigenvalue weighted by molar-refractivity contribution is 5.76. The van der Waals surface area contributed by atoms with Crippen LogP contribution in [0.1, 0.15) is 59.8 Å². The summed E-state index contributed by atoms with van der Waals surface area (Å²) in [4.78, 5) is 24.4. The Morgan fingerprint density at radius 2 is 2.00 bits per heavy atom. The van der Waals surface area contributed by atoms with Crippen LogP contribution in [-0.4, -0.2) is 47.1 Å². The highest BCUT2D eigenvalue weighted by Gasteiger charge is 2.43. The molecule has 30 heavy (non-hydrogen) atoms. The van der Waals surface area contributed by atoms with E-state index in [1.165, 1.54) is 5.57 Å². The van der Waals surface area contributed by atoms with Gasteiger partial charge in [0.05, 0.1) is 24.5 Å². The van der Waals surface area contributed by atoms with E-state index in [2.05, 4.69) is 32.1 Å². The molecule has 0 bridgehead atoms. The molecule has 168 valence electrons. The normalized spacial score (nSPS) is 36.5. The van der Waals surface area contributed by atoms with Crippen molar-refractivity contribution in [1.29, 1.82) is 0 Å². The maximum absolute atomic E-state index is 12.7. The first-order chi connectivity index (χ1) is 14.1. The van der Waals surface area contributed by atoms with Gasteiger partial charge in [0.25, 0.3) is 0 Å². The van der Waals surface area contributed by atoms with Crippen LogP contribution in [0.2, 0.25) is 0 Å². The fraction of sp³-hybridized carbons (Fsp3) is 0.750. The van der Waals surface area contributed by atoms with Crippen molar-refractivity contribution >= 4 is 11.9 Å². The highest BCUT2D eigenvalue weighted by atomic mass is 16.6. The van der Waals surface area contributed by atoms with E-state index >= 15 is 0 Å². The van der Waals surface area contributed by atoms with Crippen LogP contribution in [-0.2, 0) is 19.1 Å². The van der Waals surface area contributed by atoms with Crippen molar-refractivity contribution in [2.45, 2.75) is 78.1 Å².